The van der Waals surface area contributed by atoms with Gasteiger partial charge in [-0.15, -0.1) is 0 Å². The molecule has 5 nitrogen and oxygen atoms in total. The van der Waals surface area contributed by atoms with Gasteiger partial charge in [-0.05, 0) is 51.8 Å². The average Bonchev–Trinajstić information content (AvgIpc) is 2.72. The number of nitrogens with one attached hydrogen (secondary N) is 1. The van der Waals surface area contributed by atoms with Crippen molar-refractivity contribution >= 4 is 5.82 Å². The molecule has 0 fully saturated rings. The Hall–Kier alpha value is -2.35. The van der Waals surface area contributed by atoms with Gasteiger partial charge in [0.1, 0.15) is 11.9 Å². The van der Waals surface area contributed by atoms with Crippen LogP contribution < -0.4 is 5.32 Å². The number of nitriles is 1. The highest BCUT2D eigenvalue weighted by Crippen LogP contribution is 2.17. The molecule has 0 amide bonds. The van der Waals surface area contributed by atoms with Crippen molar-refractivity contribution in [2.24, 2.45) is 0 Å². The number of hydrogen-bond acceptors (Lipinski definition) is 4. The van der Waals surface area contributed by atoms with Crippen LogP contribution in [0.4, 0.5) is 5.82 Å². The molecule has 0 atom stereocenters. The van der Waals surface area contributed by atoms with Gasteiger partial charge in [-0.25, -0.2) is 4.98 Å². The zero-order valence-corrected chi connectivity index (χ0v) is 13.1. The van der Waals surface area contributed by atoms with E-state index in [0.29, 0.717) is 11.4 Å². The molecule has 0 aliphatic carbocycles. The lowest BCUT2D eigenvalue weighted by Gasteiger charge is -2.10. The monoisotopic (exact) mass is 283 g/mol. The summed E-state index contributed by atoms with van der Waals surface area (Å²) in [5.74, 6) is 0.684. The van der Waals surface area contributed by atoms with E-state index in [0.717, 1.165) is 36.5 Å². The number of hydrogen-bond donors (Lipinski definition) is 1. The molecule has 110 valence electrons. The Bertz CT molecular complexity index is 679. The molecular weight excluding hydrogens is 262 g/mol. The van der Waals surface area contributed by atoms with Crippen LogP contribution in [0.15, 0.2) is 12.1 Å². The lowest BCUT2D eigenvalue weighted by molar-refractivity contribution is 0.573. The standard InChI is InChI=1S/C16H21N5/c1-11-8-12(2)19-16(15(11)10-17)18-6-5-7-21-14(4)9-13(3)20-21/h8-9H,5-7H2,1-4H3,(H,18,19). The summed E-state index contributed by atoms with van der Waals surface area (Å²) in [6, 6.07) is 6.23. The third-order valence-corrected chi connectivity index (χ3v) is 3.40. The normalized spacial score (nSPS) is 10.4. The summed E-state index contributed by atoms with van der Waals surface area (Å²) in [4.78, 5) is 4.41. The first kappa shape index (κ1) is 15.0. The highest BCUT2D eigenvalue weighted by Gasteiger charge is 2.08. The van der Waals surface area contributed by atoms with E-state index in [9.17, 15) is 5.26 Å². The van der Waals surface area contributed by atoms with Gasteiger partial charge in [-0.1, -0.05) is 0 Å². The van der Waals surface area contributed by atoms with E-state index in [1.165, 1.54) is 5.69 Å². The van der Waals surface area contributed by atoms with Gasteiger partial charge in [-0.3, -0.25) is 4.68 Å². The summed E-state index contributed by atoms with van der Waals surface area (Å²) in [6.07, 6.45) is 0.932. The van der Waals surface area contributed by atoms with Gasteiger partial charge in [-0.2, -0.15) is 10.4 Å². The second-order valence-electron chi connectivity index (χ2n) is 5.35. The highest BCUT2D eigenvalue weighted by molar-refractivity contribution is 5.56. The summed E-state index contributed by atoms with van der Waals surface area (Å²) in [7, 11) is 0. The Kier molecular flexibility index (Phi) is 4.59. The molecule has 21 heavy (non-hydrogen) atoms. The predicted molar refractivity (Wildman–Crippen MR) is 83.2 cm³/mol. The molecule has 0 aliphatic heterocycles. The molecule has 0 radical (unpaired) electrons. The van der Waals surface area contributed by atoms with Crippen molar-refractivity contribution < 1.29 is 0 Å². The van der Waals surface area contributed by atoms with Crippen LogP contribution in [0.25, 0.3) is 0 Å². The van der Waals surface area contributed by atoms with Crippen molar-refractivity contribution in [2.75, 3.05) is 11.9 Å². The Labute approximate surface area is 125 Å². The second kappa shape index (κ2) is 6.40. The Morgan fingerprint density at radius 2 is 1.95 bits per heavy atom. The summed E-state index contributed by atoms with van der Waals surface area (Å²) in [5.41, 5.74) is 4.74. The Morgan fingerprint density at radius 3 is 2.57 bits per heavy atom. The maximum Gasteiger partial charge on any atom is 0.144 e. The van der Waals surface area contributed by atoms with Crippen molar-refractivity contribution in [3.63, 3.8) is 0 Å². The molecule has 0 spiro atoms. The van der Waals surface area contributed by atoms with E-state index in [2.05, 4.69) is 34.5 Å². The maximum atomic E-state index is 9.22. The highest BCUT2D eigenvalue weighted by atomic mass is 15.3. The first-order valence-corrected chi connectivity index (χ1v) is 7.14. The lowest BCUT2D eigenvalue weighted by atomic mass is 10.1. The predicted octanol–water partition coefficient (Wildman–Crippen LogP) is 2.89. The van der Waals surface area contributed by atoms with Crippen molar-refractivity contribution in [3.05, 3.63) is 40.3 Å². The molecule has 2 aromatic heterocycles. The SMILES string of the molecule is Cc1cc(C)c(C#N)c(NCCCn2nc(C)cc2C)n1. The number of nitrogens with zero attached hydrogens (tertiary/aromatic N) is 4. The van der Waals surface area contributed by atoms with Crippen LogP contribution >= 0.6 is 0 Å². The molecule has 0 unspecified atom stereocenters. The van der Waals surface area contributed by atoms with Crippen LogP contribution in [0.1, 0.15) is 34.6 Å². The van der Waals surface area contributed by atoms with E-state index >= 15 is 0 Å². The minimum atomic E-state index is 0.631. The molecule has 2 aromatic rings. The van der Waals surface area contributed by atoms with Crippen LogP contribution in [0, 0.1) is 39.0 Å². The minimum Gasteiger partial charge on any atom is -0.369 e. The van der Waals surface area contributed by atoms with E-state index in [-0.39, 0.29) is 0 Å². The molecular formula is C16H21N5. The van der Waals surface area contributed by atoms with E-state index in [1.807, 2.05) is 31.5 Å². The third-order valence-electron chi connectivity index (χ3n) is 3.40. The summed E-state index contributed by atoms with van der Waals surface area (Å²) >= 11 is 0. The maximum absolute atomic E-state index is 9.22. The van der Waals surface area contributed by atoms with Gasteiger partial charge in [0.2, 0.25) is 0 Å². The molecule has 0 saturated carbocycles. The van der Waals surface area contributed by atoms with Gasteiger partial charge in [0, 0.05) is 24.5 Å². The van der Waals surface area contributed by atoms with Gasteiger partial charge in [0.05, 0.1) is 11.3 Å². The fourth-order valence-corrected chi connectivity index (χ4v) is 2.44. The van der Waals surface area contributed by atoms with Crippen molar-refractivity contribution in [1.29, 1.82) is 5.26 Å². The molecule has 0 aliphatic rings. The van der Waals surface area contributed by atoms with Gasteiger partial charge in [0.25, 0.3) is 0 Å². The summed E-state index contributed by atoms with van der Waals surface area (Å²) in [5, 5.41) is 16.9. The van der Waals surface area contributed by atoms with Crippen LogP contribution in [0.5, 0.6) is 0 Å². The van der Waals surface area contributed by atoms with Crippen LogP contribution in [0.3, 0.4) is 0 Å². The van der Waals surface area contributed by atoms with Crippen LogP contribution in [0.2, 0.25) is 0 Å². The van der Waals surface area contributed by atoms with Gasteiger partial charge < -0.3 is 5.32 Å². The molecule has 2 heterocycles. The number of aryl methyl sites for hydroxylation is 5. The molecule has 0 aromatic carbocycles. The summed E-state index contributed by atoms with van der Waals surface area (Å²) in [6.45, 7) is 9.57. The molecule has 5 heteroatoms. The van der Waals surface area contributed by atoms with E-state index in [4.69, 9.17) is 0 Å². The number of aromatic nitrogens is 3. The smallest absolute Gasteiger partial charge is 0.144 e. The van der Waals surface area contributed by atoms with Crippen molar-refractivity contribution in [1.82, 2.24) is 14.8 Å². The summed E-state index contributed by atoms with van der Waals surface area (Å²) < 4.78 is 2.01. The largest absolute Gasteiger partial charge is 0.369 e. The lowest BCUT2D eigenvalue weighted by Crippen LogP contribution is -2.11. The molecule has 1 N–H and O–H groups in total. The van der Waals surface area contributed by atoms with Crippen LogP contribution in [-0.4, -0.2) is 21.3 Å². The Morgan fingerprint density at radius 1 is 1.19 bits per heavy atom. The molecule has 0 saturated heterocycles. The third kappa shape index (κ3) is 3.60. The zero-order valence-electron chi connectivity index (χ0n) is 13.1. The number of pyridine rings is 1. The van der Waals surface area contributed by atoms with Crippen LogP contribution in [-0.2, 0) is 6.54 Å². The fourth-order valence-electron chi connectivity index (χ4n) is 2.44. The first-order valence-electron chi connectivity index (χ1n) is 7.14. The Balaban J connectivity index is 1.95. The molecule has 2 rings (SSSR count). The van der Waals surface area contributed by atoms with Gasteiger partial charge >= 0.3 is 0 Å². The quantitative estimate of drug-likeness (QED) is 0.857. The van der Waals surface area contributed by atoms with E-state index < -0.39 is 0 Å². The fraction of sp³-hybridized carbons (Fsp3) is 0.438. The average molecular weight is 283 g/mol. The minimum absolute atomic E-state index is 0.631. The van der Waals surface area contributed by atoms with Crippen molar-refractivity contribution in [2.45, 2.75) is 40.7 Å². The topological polar surface area (TPSA) is 66.5 Å². The zero-order chi connectivity index (χ0) is 15.4. The second-order valence-corrected chi connectivity index (χ2v) is 5.35. The molecule has 0 bridgehead atoms. The van der Waals surface area contributed by atoms with E-state index in [1.54, 1.807) is 0 Å². The number of rotatable bonds is 5. The first-order chi connectivity index (χ1) is 10.0. The number of anilines is 1. The van der Waals surface area contributed by atoms with Crippen molar-refractivity contribution in [3.8, 4) is 6.07 Å². The van der Waals surface area contributed by atoms with Gasteiger partial charge in [0.15, 0.2) is 0 Å².